The molecule has 0 aliphatic carbocycles. The zero-order valence-electron chi connectivity index (χ0n) is 11.2. The fourth-order valence-corrected chi connectivity index (χ4v) is 3.22. The maximum absolute atomic E-state index is 12.0. The van der Waals surface area contributed by atoms with Gasteiger partial charge >= 0.3 is 11.9 Å². The minimum atomic E-state index is -0.994. The summed E-state index contributed by atoms with van der Waals surface area (Å²) in [5.74, 6) is -2.47. The van der Waals surface area contributed by atoms with E-state index >= 15 is 0 Å². The van der Waals surface area contributed by atoms with Gasteiger partial charge in [0.2, 0.25) is 5.91 Å². The molecule has 0 spiro atoms. The zero-order chi connectivity index (χ0) is 14.9. The van der Waals surface area contributed by atoms with Gasteiger partial charge in [-0.05, 0) is 24.8 Å². The van der Waals surface area contributed by atoms with E-state index in [2.05, 4.69) is 0 Å². The molecule has 0 aromatic carbocycles. The molecule has 20 heavy (non-hydrogen) atoms. The average molecular weight is 297 g/mol. The Kier molecular flexibility index (Phi) is 4.08. The Bertz CT molecular complexity index is 565. The molecule has 1 saturated heterocycles. The number of anilines is 1. The number of hydrogen-bond acceptors (Lipinski definition) is 5. The molecule has 1 aliphatic rings. The number of thiophene rings is 1. The summed E-state index contributed by atoms with van der Waals surface area (Å²) in [5, 5.41) is 11.2. The van der Waals surface area contributed by atoms with Crippen molar-refractivity contribution in [1.82, 2.24) is 0 Å². The van der Waals surface area contributed by atoms with E-state index in [4.69, 9.17) is 9.84 Å². The van der Waals surface area contributed by atoms with Crippen molar-refractivity contribution in [3.8, 4) is 0 Å². The van der Waals surface area contributed by atoms with Gasteiger partial charge in [0.1, 0.15) is 5.00 Å². The van der Waals surface area contributed by atoms with Gasteiger partial charge in [0.15, 0.2) is 0 Å². The smallest absolute Gasteiger partial charge is 0.341 e. The maximum Gasteiger partial charge on any atom is 0.341 e. The first-order chi connectivity index (χ1) is 9.45. The Morgan fingerprint density at radius 2 is 2.25 bits per heavy atom. The second-order valence-electron chi connectivity index (χ2n) is 4.56. The molecule has 1 aromatic heterocycles. The highest BCUT2D eigenvalue weighted by atomic mass is 32.1. The highest BCUT2D eigenvalue weighted by Gasteiger charge is 2.37. The minimum Gasteiger partial charge on any atom is -0.481 e. The predicted molar refractivity (Wildman–Crippen MR) is 73.1 cm³/mol. The molecule has 6 nitrogen and oxygen atoms in total. The lowest BCUT2D eigenvalue weighted by molar-refractivity contribution is -0.141. The molecule has 1 aliphatic heterocycles. The van der Waals surface area contributed by atoms with Gasteiger partial charge in [-0.25, -0.2) is 4.79 Å². The van der Waals surface area contributed by atoms with Gasteiger partial charge < -0.3 is 14.7 Å². The molecule has 0 bridgehead atoms. The Hall–Kier alpha value is -1.89. The number of carbonyl (C=O) groups is 3. The molecule has 1 unspecified atom stereocenters. The van der Waals surface area contributed by atoms with Crippen molar-refractivity contribution in [3.63, 3.8) is 0 Å². The topological polar surface area (TPSA) is 83.9 Å². The van der Waals surface area contributed by atoms with Crippen LogP contribution in [0.4, 0.5) is 5.00 Å². The van der Waals surface area contributed by atoms with Crippen LogP contribution in [0.5, 0.6) is 0 Å². The van der Waals surface area contributed by atoms with Gasteiger partial charge in [0.25, 0.3) is 0 Å². The fraction of sp³-hybridized carbons (Fsp3) is 0.462. The summed E-state index contributed by atoms with van der Waals surface area (Å²) in [4.78, 5) is 36.3. The SMILES string of the molecule is CCOC(=O)c1c(C)csc1N1CC(C(=O)O)CC1=O. The van der Waals surface area contributed by atoms with E-state index in [0.29, 0.717) is 10.6 Å². The van der Waals surface area contributed by atoms with Crippen LogP contribution in [-0.2, 0) is 14.3 Å². The molecule has 1 fully saturated rings. The maximum atomic E-state index is 12.0. The lowest BCUT2D eigenvalue weighted by atomic mass is 10.1. The van der Waals surface area contributed by atoms with Gasteiger partial charge in [0, 0.05) is 13.0 Å². The molecular weight excluding hydrogens is 282 g/mol. The second-order valence-corrected chi connectivity index (χ2v) is 5.42. The van der Waals surface area contributed by atoms with E-state index < -0.39 is 17.9 Å². The van der Waals surface area contributed by atoms with Crippen molar-refractivity contribution in [2.24, 2.45) is 5.92 Å². The third-order valence-electron chi connectivity index (χ3n) is 3.15. The number of carboxylic acid groups (broad SMARTS) is 1. The van der Waals surface area contributed by atoms with Crippen LogP contribution >= 0.6 is 11.3 Å². The van der Waals surface area contributed by atoms with Crippen molar-refractivity contribution in [3.05, 3.63) is 16.5 Å². The largest absolute Gasteiger partial charge is 0.481 e. The number of ether oxygens (including phenoxy) is 1. The Morgan fingerprint density at radius 1 is 1.55 bits per heavy atom. The average Bonchev–Trinajstić information content (AvgIpc) is 2.93. The number of carbonyl (C=O) groups excluding carboxylic acids is 2. The molecule has 0 saturated carbocycles. The van der Waals surface area contributed by atoms with Crippen molar-refractivity contribution in [2.45, 2.75) is 20.3 Å². The second kappa shape index (κ2) is 5.62. The summed E-state index contributed by atoms with van der Waals surface area (Å²) in [7, 11) is 0. The zero-order valence-corrected chi connectivity index (χ0v) is 12.0. The lowest BCUT2D eigenvalue weighted by Gasteiger charge is -2.16. The molecule has 1 atom stereocenters. The molecule has 7 heteroatoms. The predicted octanol–water partition coefficient (Wildman–Crippen LogP) is 1.67. The molecule has 0 radical (unpaired) electrons. The van der Waals surface area contributed by atoms with E-state index in [1.54, 1.807) is 19.2 Å². The number of amides is 1. The Balaban J connectivity index is 2.32. The van der Waals surface area contributed by atoms with Crippen LogP contribution in [-0.4, -0.2) is 36.1 Å². The number of nitrogens with zero attached hydrogens (tertiary/aromatic N) is 1. The first-order valence-corrected chi connectivity index (χ1v) is 7.12. The van der Waals surface area contributed by atoms with E-state index in [1.807, 2.05) is 0 Å². The molecule has 2 rings (SSSR count). The fourth-order valence-electron chi connectivity index (χ4n) is 2.15. The van der Waals surface area contributed by atoms with Crippen LogP contribution in [0.2, 0.25) is 0 Å². The standard InChI is InChI=1S/C13H15NO5S/c1-3-19-13(18)10-7(2)6-20-11(10)14-5-8(12(16)17)4-9(14)15/h6,8H,3-5H2,1-2H3,(H,16,17). The van der Waals surface area contributed by atoms with E-state index in [9.17, 15) is 14.4 Å². The van der Waals surface area contributed by atoms with Crippen LogP contribution in [0.1, 0.15) is 29.3 Å². The lowest BCUT2D eigenvalue weighted by Crippen LogP contribution is -2.26. The van der Waals surface area contributed by atoms with Gasteiger partial charge in [0.05, 0.1) is 18.1 Å². The summed E-state index contributed by atoms with van der Waals surface area (Å²) in [6.07, 6.45) is -0.0332. The van der Waals surface area contributed by atoms with E-state index in [1.165, 1.54) is 16.2 Å². The van der Waals surface area contributed by atoms with Crippen LogP contribution in [0, 0.1) is 12.8 Å². The highest BCUT2D eigenvalue weighted by molar-refractivity contribution is 7.15. The van der Waals surface area contributed by atoms with E-state index in [-0.39, 0.29) is 25.5 Å². The molecule has 2 heterocycles. The summed E-state index contributed by atoms with van der Waals surface area (Å²) in [6, 6.07) is 0. The summed E-state index contributed by atoms with van der Waals surface area (Å²) < 4.78 is 4.99. The summed E-state index contributed by atoms with van der Waals surface area (Å²) in [6.45, 7) is 3.82. The number of aliphatic carboxylic acids is 1. The number of carboxylic acids is 1. The van der Waals surface area contributed by atoms with Crippen LogP contribution in [0.15, 0.2) is 5.38 Å². The van der Waals surface area contributed by atoms with Crippen molar-refractivity contribution < 1.29 is 24.2 Å². The van der Waals surface area contributed by atoms with Gasteiger partial charge in [-0.1, -0.05) is 0 Å². The van der Waals surface area contributed by atoms with Crippen molar-refractivity contribution in [1.29, 1.82) is 0 Å². The number of esters is 1. The number of aryl methyl sites for hydroxylation is 1. The number of rotatable bonds is 4. The van der Waals surface area contributed by atoms with E-state index in [0.717, 1.165) is 5.56 Å². The number of hydrogen-bond donors (Lipinski definition) is 1. The van der Waals surface area contributed by atoms with Crippen LogP contribution in [0.25, 0.3) is 0 Å². The first kappa shape index (κ1) is 14.5. The summed E-state index contributed by atoms with van der Waals surface area (Å²) in [5.41, 5.74) is 1.09. The Morgan fingerprint density at radius 3 is 2.80 bits per heavy atom. The van der Waals surface area contributed by atoms with Gasteiger partial charge in [-0.15, -0.1) is 11.3 Å². The monoisotopic (exact) mass is 297 g/mol. The minimum absolute atomic E-state index is 0.0332. The van der Waals surface area contributed by atoms with Crippen LogP contribution in [0.3, 0.4) is 0 Å². The van der Waals surface area contributed by atoms with Gasteiger partial charge in [-0.3, -0.25) is 9.59 Å². The summed E-state index contributed by atoms with van der Waals surface area (Å²) >= 11 is 1.26. The van der Waals surface area contributed by atoms with Crippen LogP contribution < -0.4 is 4.90 Å². The molecule has 1 N–H and O–H groups in total. The third kappa shape index (κ3) is 2.53. The Labute approximate surface area is 120 Å². The molecular formula is C13H15NO5S. The van der Waals surface area contributed by atoms with Crippen molar-refractivity contribution >= 4 is 34.2 Å². The molecule has 108 valence electrons. The van der Waals surface area contributed by atoms with Gasteiger partial charge in [-0.2, -0.15) is 0 Å². The molecule has 1 aromatic rings. The quantitative estimate of drug-likeness (QED) is 0.855. The molecule has 1 amide bonds. The third-order valence-corrected chi connectivity index (χ3v) is 4.27. The highest BCUT2D eigenvalue weighted by Crippen LogP contribution is 2.35. The normalized spacial score (nSPS) is 18.4. The first-order valence-electron chi connectivity index (χ1n) is 6.24. The van der Waals surface area contributed by atoms with Crippen molar-refractivity contribution in [2.75, 3.05) is 18.1 Å².